The first-order valence-corrected chi connectivity index (χ1v) is 13.5. The van der Waals surface area contributed by atoms with E-state index in [-0.39, 0.29) is 17.5 Å². The van der Waals surface area contributed by atoms with Gasteiger partial charge in [0.1, 0.15) is 0 Å². The van der Waals surface area contributed by atoms with E-state index in [1.165, 1.54) is 18.2 Å². The highest BCUT2D eigenvalue weighted by Gasteiger charge is 2.27. The lowest BCUT2D eigenvalue weighted by Gasteiger charge is -2.22. The van der Waals surface area contributed by atoms with E-state index in [4.69, 9.17) is 9.47 Å². The van der Waals surface area contributed by atoms with Crippen LogP contribution in [0.3, 0.4) is 0 Å². The molecule has 0 atom stereocenters. The van der Waals surface area contributed by atoms with Crippen LogP contribution in [0.15, 0.2) is 140 Å². The van der Waals surface area contributed by atoms with Crippen LogP contribution < -0.4 is 0 Å². The van der Waals surface area contributed by atoms with E-state index in [0.717, 1.165) is 22.3 Å². The van der Waals surface area contributed by atoms with E-state index in [1.54, 1.807) is 0 Å². The maximum Gasteiger partial charge on any atom is 0.339 e. The highest BCUT2D eigenvalue weighted by atomic mass is 16.6. The quantitative estimate of drug-likeness (QED) is 0.183. The zero-order chi connectivity index (χ0) is 29.3. The molecule has 0 aliphatic rings. The van der Waals surface area contributed by atoms with Crippen LogP contribution in [-0.2, 0) is 20.7 Å². The molecule has 42 heavy (non-hydrogen) atoms. The van der Waals surface area contributed by atoms with Gasteiger partial charge in [-0.3, -0.25) is 4.79 Å². The molecule has 0 heterocycles. The molecule has 0 unspecified atom stereocenters. The Balaban J connectivity index is 1.52. The smallest absolute Gasteiger partial charge is 0.339 e. The standard InChI is InChI=1S/C36H28O6/c37-32(38)24-25-21-22-30(35(39)41-33(26-13-5-1-6-14-26)27-15-7-2-8-16-27)31(23-25)36(40)42-34(28-17-9-3-10-18-28)29-19-11-4-12-20-29/h1-23,33-34H,24H2,(H,37,38). The van der Waals surface area contributed by atoms with Crippen molar-refractivity contribution in [3.05, 3.63) is 178 Å². The average molecular weight is 557 g/mol. The topological polar surface area (TPSA) is 89.9 Å². The summed E-state index contributed by atoms with van der Waals surface area (Å²) in [5.74, 6) is -2.58. The van der Waals surface area contributed by atoms with Crippen LogP contribution in [0.5, 0.6) is 0 Å². The van der Waals surface area contributed by atoms with Gasteiger partial charge < -0.3 is 14.6 Å². The molecule has 0 aliphatic carbocycles. The lowest BCUT2D eigenvalue weighted by molar-refractivity contribution is -0.136. The molecule has 0 saturated carbocycles. The van der Waals surface area contributed by atoms with Crippen LogP contribution in [-0.4, -0.2) is 23.0 Å². The van der Waals surface area contributed by atoms with E-state index in [9.17, 15) is 19.5 Å². The Labute approximate surface area is 243 Å². The molecule has 0 bridgehead atoms. The Hall–Kier alpha value is -5.49. The number of hydrogen-bond donors (Lipinski definition) is 1. The molecule has 6 heteroatoms. The molecule has 208 valence electrons. The number of rotatable bonds is 10. The van der Waals surface area contributed by atoms with E-state index < -0.39 is 30.1 Å². The van der Waals surface area contributed by atoms with Gasteiger partial charge in [-0.25, -0.2) is 9.59 Å². The predicted octanol–water partition coefficient (Wildman–Crippen LogP) is 7.21. The van der Waals surface area contributed by atoms with Crippen LogP contribution in [0.1, 0.15) is 60.7 Å². The van der Waals surface area contributed by atoms with E-state index >= 15 is 0 Å². The van der Waals surface area contributed by atoms with Crippen molar-refractivity contribution in [2.45, 2.75) is 18.6 Å². The third kappa shape index (κ3) is 6.80. The number of hydrogen-bond acceptors (Lipinski definition) is 5. The van der Waals surface area contributed by atoms with Gasteiger partial charge in [-0.05, 0) is 39.9 Å². The Bertz CT molecular complexity index is 1570. The van der Waals surface area contributed by atoms with Crippen molar-refractivity contribution < 1.29 is 29.0 Å². The fourth-order valence-corrected chi connectivity index (χ4v) is 4.73. The summed E-state index contributed by atoms with van der Waals surface area (Å²) in [4.78, 5) is 39.0. The van der Waals surface area contributed by atoms with Gasteiger partial charge in [0.05, 0.1) is 17.5 Å². The predicted molar refractivity (Wildman–Crippen MR) is 158 cm³/mol. The van der Waals surface area contributed by atoms with Crippen molar-refractivity contribution >= 4 is 17.9 Å². The lowest BCUT2D eigenvalue weighted by atomic mass is 9.99. The van der Waals surface area contributed by atoms with Crippen molar-refractivity contribution in [2.24, 2.45) is 0 Å². The molecule has 0 fully saturated rings. The minimum atomic E-state index is -1.07. The fraction of sp³-hybridized carbons (Fsp3) is 0.0833. The van der Waals surface area contributed by atoms with Crippen molar-refractivity contribution in [3.63, 3.8) is 0 Å². The molecule has 6 nitrogen and oxygen atoms in total. The monoisotopic (exact) mass is 556 g/mol. The van der Waals surface area contributed by atoms with Crippen LogP contribution in [0, 0.1) is 0 Å². The molecule has 0 radical (unpaired) electrons. The van der Waals surface area contributed by atoms with Gasteiger partial charge in [0.2, 0.25) is 0 Å². The van der Waals surface area contributed by atoms with Crippen molar-refractivity contribution in [3.8, 4) is 0 Å². The van der Waals surface area contributed by atoms with E-state index in [1.807, 2.05) is 121 Å². The number of benzene rings is 5. The number of ether oxygens (including phenoxy) is 2. The first-order valence-electron chi connectivity index (χ1n) is 13.5. The molecule has 0 saturated heterocycles. The summed E-state index contributed by atoms with van der Waals surface area (Å²) in [6.45, 7) is 0. The van der Waals surface area contributed by atoms with Crippen molar-refractivity contribution in [2.75, 3.05) is 0 Å². The number of aliphatic carboxylic acids is 1. The molecule has 1 N–H and O–H groups in total. The van der Waals surface area contributed by atoms with Gasteiger partial charge in [0.15, 0.2) is 12.2 Å². The summed E-state index contributed by atoms with van der Waals surface area (Å²) in [6.07, 6.45) is -1.82. The second-order valence-corrected chi connectivity index (χ2v) is 9.66. The molecular formula is C36H28O6. The molecular weight excluding hydrogens is 528 g/mol. The third-order valence-corrected chi connectivity index (χ3v) is 6.74. The Morgan fingerprint density at radius 1 is 0.500 bits per heavy atom. The van der Waals surface area contributed by atoms with Crippen LogP contribution in [0.25, 0.3) is 0 Å². The van der Waals surface area contributed by atoms with Gasteiger partial charge in [-0.1, -0.05) is 127 Å². The van der Waals surface area contributed by atoms with Crippen LogP contribution in [0.2, 0.25) is 0 Å². The van der Waals surface area contributed by atoms with E-state index in [0.29, 0.717) is 5.56 Å². The molecule has 5 rings (SSSR count). The summed E-state index contributed by atoms with van der Waals surface area (Å²) in [5, 5.41) is 9.38. The van der Waals surface area contributed by atoms with E-state index in [2.05, 4.69) is 0 Å². The first kappa shape index (κ1) is 28.1. The molecule has 5 aromatic carbocycles. The van der Waals surface area contributed by atoms with Crippen molar-refractivity contribution in [1.82, 2.24) is 0 Å². The lowest BCUT2D eigenvalue weighted by Crippen LogP contribution is -2.19. The Kier molecular flexibility index (Phi) is 8.85. The molecule has 0 aromatic heterocycles. The number of carbonyl (C=O) groups excluding carboxylic acids is 2. The number of esters is 2. The maximum atomic E-state index is 13.8. The Morgan fingerprint density at radius 3 is 1.21 bits per heavy atom. The summed E-state index contributed by atoms with van der Waals surface area (Å²) in [5.41, 5.74) is 3.27. The number of carboxylic acids is 1. The third-order valence-electron chi connectivity index (χ3n) is 6.74. The normalized spacial score (nSPS) is 10.8. The minimum Gasteiger partial charge on any atom is -0.481 e. The first-order chi connectivity index (χ1) is 20.5. The Morgan fingerprint density at radius 2 is 0.857 bits per heavy atom. The average Bonchev–Trinajstić information content (AvgIpc) is 3.03. The number of carbonyl (C=O) groups is 3. The summed E-state index contributed by atoms with van der Waals surface area (Å²) in [7, 11) is 0. The number of carboxylic acid groups (broad SMARTS) is 1. The zero-order valence-electron chi connectivity index (χ0n) is 22.6. The van der Waals surface area contributed by atoms with Crippen LogP contribution in [0.4, 0.5) is 0 Å². The summed E-state index contributed by atoms with van der Waals surface area (Å²) >= 11 is 0. The highest BCUT2D eigenvalue weighted by molar-refractivity contribution is 6.03. The maximum absolute atomic E-state index is 13.8. The van der Waals surface area contributed by atoms with Gasteiger partial charge in [0.25, 0.3) is 0 Å². The van der Waals surface area contributed by atoms with Gasteiger partial charge in [0, 0.05) is 0 Å². The molecule has 0 aliphatic heterocycles. The fourth-order valence-electron chi connectivity index (χ4n) is 4.73. The SMILES string of the molecule is O=C(O)Cc1ccc(C(=O)OC(c2ccccc2)c2ccccc2)c(C(=O)OC(c2ccccc2)c2ccccc2)c1. The van der Waals surface area contributed by atoms with Gasteiger partial charge in [-0.2, -0.15) is 0 Å². The zero-order valence-corrected chi connectivity index (χ0v) is 22.6. The minimum absolute atomic E-state index is 0.0223. The second kappa shape index (κ2) is 13.2. The molecule has 0 spiro atoms. The largest absolute Gasteiger partial charge is 0.481 e. The summed E-state index contributed by atoms with van der Waals surface area (Å²) < 4.78 is 12.1. The van der Waals surface area contributed by atoms with Gasteiger partial charge >= 0.3 is 17.9 Å². The van der Waals surface area contributed by atoms with Gasteiger partial charge in [-0.15, -0.1) is 0 Å². The highest BCUT2D eigenvalue weighted by Crippen LogP contribution is 2.30. The van der Waals surface area contributed by atoms with Crippen LogP contribution >= 0.6 is 0 Å². The summed E-state index contributed by atoms with van der Waals surface area (Å²) in [6, 6.07) is 41.5. The second-order valence-electron chi connectivity index (χ2n) is 9.66. The molecule has 5 aromatic rings. The van der Waals surface area contributed by atoms with Crippen molar-refractivity contribution in [1.29, 1.82) is 0 Å². The molecule has 0 amide bonds.